The highest BCUT2D eigenvalue weighted by Crippen LogP contribution is 2.28. The molecule has 1 aliphatic carbocycles. The largest absolute Gasteiger partial charge is 0.475 e. The van der Waals surface area contributed by atoms with Gasteiger partial charge in [0.2, 0.25) is 11.7 Å². The van der Waals surface area contributed by atoms with Gasteiger partial charge in [0.05, 0.1) is 5.69 Å². The summed E-state index contributed by atoms with van der Waals surface area (Å²) >= 11 is 0. The molecule has 1 aromatic heterocycles. The van der Waals surface area contributed by atoms with Gasteiger partial charge in [0.15, 0.2) is 0 Å². The quantitative estimate of drug-likeness (QED) is 0.897. The van der Waals surface area contributed by atoms with Crippen molar-refractivity contribution >= 4 is 5.97 Å². The number of aryl methyl sites for hydroxylation is 3. The first-order chi connectivity index (χ1) is 9.15. The van der Waals surface area contributed by atoms with Crippen LogP contribution in [0.15, 0.2) is 22.6 Å². The highest BCUT2D eigenvalue weighted by molar-refractivity contribution is 5.86. The van der Waals surface area contributed by atoms with Gasteiger partial charge in [0.1, 0.15) is 0 Å². The summed E-state index contributed by atoms with van der Waals surface area (Å²) in [6.45, 7) is 1.65. The third-order valence-electron chi connectivity index (χ3n) is 3.59. The molecule has 2 aromatic rings. The summed E-state index contributed by atoms with van der Waals surface area (Å²) in [5.74, 6) is -0.759. The van der Waals surface area contributed by atoms with E-state index >= 15 is 0 Å². The first-order valence-electron chi connectivity index (χ1n) is 6.48. The number of carbonyl (C=O) groups is 1. The van der Waals surface area contributed by atoms with Gasteiger partial charge in [-0.25, -0.2) is 9.78 Å². The van der Waals surface area contributed by atoms with E-state index in [0.717, 1.165) is 18.4 Å². The molecule has 0 aliphatic heterocycles. The van der Waals surface area contributed by atoms with Gasteiger partial charge < -0.3 is 9.52 Å². The number of hydrogen-bond donors (Lipinski definition) is 1. The molecule has 1 aromatic carbocycles. The molecule has 0 radical (unpaired) electrons. The second kappa shape index (κ2) is 4.53. The van der Waals surface area contributed by atoms with Crippen LogP contribution in [0.4, 0.5) is 0 Å². The van der Waals surface area contributed by atoms with Crippen LogP contribution in [-0.4, -0.2) is 16.1 Å². The first-order valence-corrected chi connectivity index (χ1v) is 6.48. The van der Waals surface area contributed by atoms with Gasteiger partial charge in [-0.2, -0.15) is 0 Å². The molecule has 1 N–H and O–H groups in total. The average Bonchev–Trinajstić information content (AvgIpc) is 2.80. The Labute approximate surface area is 111 Å². The monoisotopic (exact) mass is 257 g/mol. The van der Waals surface area contributed by atoms with Crippen LogP contribution in [0.2, 0.25) is 0 Å². The van der Waals surface area contributed by atoms with Crippen molar-refractivity contribution in [3.63, 3.8) is 0 Å². The third-order valence-corrected chi connectivity index (χ3v) is 3.59. The van der Waals surface area contributed by atoms with E-state index in [1.54, 1.807) is 6.92 Å². The Morgan fingerprint density at radius 2 is 2.00 bits per heavy atom. The molecule has 98 valence electrons. The Hall–Kier alpha value is -2.10. The first kappa shape index (κ1) is 12.0. The molecule has 4 nitrogen and oxygen atoms in total. The van der Waals surface area contributed by atoms with Gasteiger partial charge in [-0.15, -0.1) is 0 Å². The molecular formula is C15H15NO3. The average molecular weight is 257 g/mol. The SMILES string of the molecule is Cc1nc(-c2ccc3c(c2)CCCC3)oc1C(=O)O. The van der Waals surface area contributed by atoms with Crippen LogP contribution in [0.5, 0.6) is 0 Å². The topological polar surface area (TPSA) is 63.3 Å². The number of hydrogen-bond acceptors (Lipinski definition) is 3. The summed E-state index contributed by atoms with van der Waals surface area (Å²) in [7, 11) is 0. The molecule has 0 fully saturated rings. The Morgan fingerprint density at radius 3 is 2.68 bits per heavy atom. The van der Waals surface area contributed by atoms with Gasteiger partial charge >= 0.3 is 5.97 Å². The van der Waals surface area contributed by atoms with E-state index in [1.165, 1.54) is 24.0 Å². The summed E-state index contributed by atoms with van der Waals surface area (Å²) in [6, 6.07) is 6.14. The molecule has 3 rings (SSSR count). The van der Waals surface area contributed by atoms with Crippen molar-refractivity contribution in [1.82, 2.24) is 4.98 Å². The fourth-order valence-electron chi connectivity index (χ4n) is 2.58. The van der Waals surface area contributed by atoms with E-state index in [1.807, 2.05) is 6.07 Å². The number of carboxylic acids is 1. The molecule has 0 saturated carbocycles. The Bertz CT molecular complexity index is 643. The standard InChI is InChI=1S/C15H15NO3/c1-9-13(15(17)18)19-14(16-9)12-7-6-10-4-2-3-5-11(10)8-12/h6-8H,2-5H2,1H3,(H,17,18). The van der Waals surface area contributed by atoms with Crippen molar-refractivity contribution in [2.24, 2.45) is 0 Å². The summed E-state index contributed by atoms with van der Waals surface area (Å²) in [5, 5.41) is 8.98. The normalized spacial score (nSPS) is 14.2. The Morgan fingerprint density at radius 1 is 1.26 bits per heavy atom. The molecule has 4 heteroatoms. The predicted octanol–water partition coefficient (Wildman–Crippen LogP) is 3.23. The molecule has 0 bridgehead atoms. The molecule has 0 amide bonds. The molecule has 0 saturated heterocycles. The fraction of sp³-hybridized carbons (Fsp3) is 0.333. The number of aromatic nitrogens is 1. The minimum Gasteiger partial charge on any atom is -0.475 e. The lowest BCUT2D eigenvalue weighted by Gasteiger charge is -2.15. The van der Waals surface area contributed by atoms with Crippen molar-refractivity contribution in [1.29, 1.82) is 0 Å². The van der Waals surface area contributed by atoms with Crippen LogP contribution in [0.3, 0.4) is 0 Å². The van der Waals surface area contributed by atoms with Gasteiger partial charge in [0, 0.05) is 5.56 Å². The zero-order valence-electron chi connectivity index (χ0n) is 10.8. The van der Waals surface area contributed by atoms with E-state index in [4.69, 9.17) is 9.52 Å². The molecule has 19 heavy (non-hydrogen) atoms. The molecule has 0 spiro atoms. The maximum atomic E-state index is 11.0. The van der Waals surface area contributed by atoms with Crippen molar-refractivity contribution in [2.45, 2.75) is 32.6 Å². The summed E-state index contributed by atoms with van der Waals surface area (Å²) in [4.78, 5) is 15.2. The number of nitrogens with zero attached hydrogens (tertiary/aromatic N) is 1. The van der Waals surface area contributed by atoms with Crippen LogP contribution in [0.1, 0.15) is 40.2 Å². The summed E-state index contributed by atoms with van der Waals surface area (Å²) in [5.41, 5.74) is 3.99. The number of fused-ring (bicyclic) bond motifs is 1. The van der Waals surface area contributed by atoms with Crippen LogP contribution in [-0.2, 0) is 12.8 Å². The Kier molecular flexibility index (Phi) is 2.85. The van der Waals surface area contributed by atoms with Gasteiger partial charge in [-0.3, -0.25) is 0 Å². The maximum absolute atomic E-state index is 11.0. The van der Waals surface area contributed by atoms with E-state index in [2.05, 4.69) is 17.1 Å². The lowest BCUT2D eigenvalue weighted by atomic mass is 9.90. The third kappa shape index (κ3) is 2.14. The number of rotatable bonds is 2. The van der Waals surface area contributed by atoms with Gasteiger partial charge in [-0.1, -0.05) is 6.07 Å². The number of carboxylic acid groups (broad SMARTS) is 1. The van der Waals surface area contributed by atoms with Crippen LogP contribution >= 0.6 is 0 Å². The molecule has 0 atom stereocenters. The smallest absolute Gasteiger partial charge is 0.373 e. The lowest BCUT2D eigenvalue weighted by Crippen LogP contribution is -2.02. The van der Waals surface area contributed by atoms with Crippen molar-refractivity contribution in [2.75, 3.05) is 0 Å². The maximum Gasteiger partial charge on any atom is 0.373 e. The summed E-state index contributed by atoms with van der Waals surface area (Å²) < 4.78 is 5.34. The second-order valence-corrected chi connectivity index (χ2v) is 4.93. The number of oxazole rings is 1. The predicted molar refractivity (Wildman–Crippen MR) is 70.3 cm³/mol. The van der Waals surface area contributed by atoms with Gasteiger partial charge in [-0.05, 0) is 55.9 Å². The fourth-order valence-corrected chi connectivity index (χ4v) is 2.58. The van der Waals surface area contributed by atoms with Crippen molar-refractivity contribution < 1.29 is 14.3 Å². The second-order valence-electron chi connectivity index (χ2n) is 4.93. The highest BCUT2D eigenvalue weighted by atomic mass is 16.4. The highest BCUT2D eigenvalue weighted by Gasteiger charge is 2.18. The van der Waals surface area contributed by atoms with Crippen LogP contribution < -0.4 is 0 Å². The van der Waals surface area contributed by atoms with E-state index in [0.29, 0.717) is 11.6 Å². The van der Waals surface area contributed by atoms with E-state index in [9.17, 15) is 4.79 Å². The Balaban J connectivity index is 2.02. The van der Waals surface area contributed by atoms with Crippen molar-refractivity contribution in [3.05, 3.63) is 40.8 Å². The number of aromatic carboxylic acids is 1. The minimum absolute atomic E-state index is 0.0762. The zero-order chi connectivity index (χ0) is 13.4. The minimum atomic E-state index is -1.07. The molecule has 1 heterocycles. The van der Waals surface area contributed by atoms with E-state index in [-0.39, 0.29) is 5.76 Å². The summed E-state index contributed by atoms with van der Waals surface area (Å²) in [6.07, 6.45) is 4.66. The zero-order valence-corrected chi connectivity index (χ0v) is 10.8. The number of benzene rings is 1. The van der Waals surface area contributed by atoms with Crippen LogP contribution in [0.25, 0.3) is 11.5 Å². The molecule has 1 aliphatic rings. The molecule has 0 unspecified atom stereocenters. The molecular weight excluding hydrogens is 242 g/mol. The van der Waals surface area contributed by atoms with Gasteiger partial charge in [0.25, 0.3) is 0 Å². The van der Waals surface area contributed by atoms with E-state index < -0.39 is 5.97 Å². The van der Waals surface area contributed by atoms with Crippen molar-refractivity contribution in [3.8, 4) is 11.5 Å². The van der Waals surface area contributed by atoms with Crippen LogP contribution in [0, 0.1) is 6.92 Å². The lowest BCUT2D eigenvalue weighted by molar-refractivity contribution is 0.0662.